The van der Waals surface area contributed by atoms with Crippen LogP contribution >= 0.6 is 0 Å². The number of carbonyl (C=O) groups is 1. The first-order valence-electron chi connectivity index (χ1n) is 7.86. The van der Waals surface area contributed by atoms with E-state index in [1.54, 1.807) is 21.3 Å². The van der Waals surface area contributed by atoms with E-state index in [4.69, 9.17) is 14.2 Å². The Hall–Kier alpha value is -1.95. The summed E-state index contributed by atoms with van der Waals surface area (Å²) in [5.41, 5.74) is 0.979. The van der Waals surface area contributed by atoms with Gasteiger partial charge in [0.1, 0.15) is 0 Å². The summed E-state index contributed by atoms with van der Waals surface area (Å²) in [6.45, 7) is 1.77. The Labute approximate surface area is 138 Å². The maximum Gasteiger partial charge on any atom is 0.220 e. The second kappa shape index (κ2) is 9.94. The van der Waals surface area contributed by atoms with E-state index >= 15 is 0 Å². The zero-order valence-corrected chi connectivity index (χ0v) is 14.8. The molecule has 23 heavy (non-hydrogen) atoms. The lowest BCUT2D eigenvalue weighted by Gasteiger charge is -2.14. The molecular formula is C17H29N2O4+. The number of methoxy groups -OCH3 is 3. The van der Waals surface area contributed by atoms with E-state index in [0.717, 1.165) is 25.1 Å². The van der Waals surface area contributed by atoms with Crippen molar-refractivity contribution in [2.75, 3.05) is 48.5 Å². The fraction of sp³-hybridized carbons (Fsp3) is 0.588. The Morgan fingerprint density at radius 1 is 1.09 bits per heavy atom. The van der Waals surface area contributed by atoms with Gasteiger partial charge in [-0.1, -0.05) is 0 Å². The minimum atomic E-state index is 0.0625. The summed E-state index contributed by atoms with van der Waals surface area (Å²) in [6, 6.07) is 3.76. The third-order valence-corrected chi connectivity index (χ3v) is 3.54. The molecule has 0 heterocycles. The largest absolute Gasteiger partial charge is 0.493 e. The number of hydrogen-bond donors (Lipinski definition) is 2. The maximum atomic E-state index is 11.9. The minimum absolute atomic E-state index is 0.0625. The molecule has 0 aliphatic heterocycles. The summed E-state index contributed by atoms with van der Waals surface area (Å²) < 4.78 is 15.9. The van der Waals surface area contributed by atoms with Gasteiger partial charge in [0.2, 0.25) is 11.7 Å². The number of carbonyl (C=O) groups excluding carboxylic acids is 1. The molecule has 6 nitrogen and oxygen atoms in total. The molecular weight excluding hydrogens is 296 g/mol. The molecule has 1 aromatic carbocycles. The Balaban J connectivity index is 2.55. The van der Waals surface area contributed by atoms with Crippen LogP contribution in [0.25, 0.3) is 0 Å². The summed E-state index contributed by atoms with van der Waals surface area (Å²) >= 11 is 0. The molecule has 0 atom stereocenters. The number of aryl methyl sites for hydroxylation is 1. The number of hydrogen-bond acceptors (Lipinski definition) is 4. The van der Waals surface area contributed by atoms with Gasteiger partial charge in [0.25, 0.3) is 0 Å². The molecule has 0 aliphatic carbocycles. The number of benzene rings is 1. The number of quaternary nitrogens is 1. The standard InChI is InChI=1S/C17H28N2O4/c1-19(2)10-6-9-18-16(20)8-7-13-11-14(21-3)17(23-5)15(12-13)22-4/h11-12H,6-10H2,1-5H3,(H,18,20)/p+1. The average Bonchev–Trinajstić information content (AvgIpc) is 2.55. The van der Waals surface area contributed by atoms with Crippen LogP contribution in [0, 0.1) is 0 Å². The van der Waals surface area contributed by atoms with Crippen LogP contribution in [0.4, 0.5) is 0 Å². The molecule has 0 fully saturated rings. The fourth-order valence-electron chi connectivity index (χ4n) is 2.30. The van der Waals surface area contributed by atoms with Crippen molar-refractivity contribution in [3.8, 4) is 17.2 Å². The van der Waals surface area contributed by atoms with Gasteiger partial charge in [-0.3, -0.25) is 4.79 Å². The van der Waals surface area contributed by atoms with Crippen molar-refractivity contribution in [2.24, 2.45) is 0 Å². The van der Waals surface area contributed by atoms with E-state index in [1.165, 1.54) is 4.90 Å². The first-order valence-corrected chi connectivity index (χ1v) is 7.86. The summed E-state index contributed by atoms with van der Waals surface area (Å²) in [7, 11) is 8.95. The number of rotatable bonds is 10. The normalized spacial score (nSPS) is 10.5. The van der Waals surface area contributed by atoms with Crippen LogP contribution in [0.15, 0.2) is 12.1 Å². The van der Waals surface area contributed by atoms with Crippen molar-refractivity contribution in [2.45, 2.75) is 19.3 Å². The number of nitrogens with one attached hydrogen (secondary N) is 2. The smallest absolute Gasteiger partial charge is 0.220 e. The molecule has 0 aliphatic rings. The molecule has 0 aromatic heterocycles. The highest BCUT2D eigenvalue weighted by Crippen LogP contribution is 2.38. The lowest BCUT2D eigenvalue weighted by molar-refractivity contribution is -0.858. The van der Waals surface area contributed by atoms with E-state index < -0.39 is 0 Å². The van der Waals surface area contributed by atoms with Crippen LogP contribution in [0.5, 0.6) is 17.2 Å². The summed E-state index contributed by atoms with van der Waals surface area (Å²) in [4.78, 5) is 13.3. The van der Waals surface area contributed by atoms with Gasteiger partial charge in [-0.15, -0.1) is 0 Å². The summed E-state index contributed by atoms with van der Waals surface area (Å²) in [5, 5.41) is 2.95. The lowest BCUT2D eigenvalue weighted by atomic mass is 10.1. The molecule has 6 heteroatoms. The van der Waals surface area contributed by atoms with Gasteiger partial charge < -0.3 is 24.4 Å². The molecule has 0 saturated carbocycles. The maximum absolute atomic E-state index is 11.9. The molecule has 0 bridgehead atoms. The first kappa shape index (κ1) is 19.1. The zero-order valence-electron chi connectivity index (χ0n) is 14.8. The zero-order chi connectivity index (χ0) is 17.2. The molecule has 0 saturated heterocycles. The van der Waals surface area contributed by atoms with Crippen LogP contribution < -0.4 is 24.4 Å². The van der Waals surface area contributed by atoms with Gasteiger partial charge in [0.15, 0.2) is 11.5 Å². The highest BCUT2D eigenvalue weighted by molar-refractivity contribution is 5.76. The van der Waals surface area contributed by atoms with Crippen molar-refractivity contribution in [3.05, 3.63) is 17.7 Å². The molecule has 0 unspecified atom stereocenters. The van der Waals surface area contributed by atoms with Crippen LogP contribution in [0.3, 0.4) is 0 Å². The molecule has 1 amide bonds. The minimum Gasteiger partial charge on any atom is -0.493 e. The monoisotopic (exact) mass is 325 g/mol. The molecule has 130 valence electrons. The molecule has 0 spiro atoms. The quantitative estimate of drug-likeness (QED) is 0.607. The van der Waals surface area contributed by atoms with E-state index in [-0.39, 0.29) is 5.91 Å². The van der Waals surface area contributed by atoms with E-state index in [1.807, 2.05) is 12.1 Å². The first-order chi connectivity index (χ1) is 11.0. The molecule has 2 N–H and O–H groups in total. The Morgan fingerprint density at radius 2 is 1.70 bits per heavy atom. The van der Waals surface area contributed by atoms with Crippen LogP contribution in [-0.4, -0.2) is 54.4 Å². The predicted octanol–water partition coefficient (Wildman–Crippen LogP) is 0.296. The van der Waals surface area contributed by atoms with Gasteiger partial charge in [0.05, 0.1) is 42.0 Å². The van der Waals surface area contributed by atoms with Crippen LogP contribution in [0.1, 0.15) is 18.4 Å². The highest BCUT2D eigenvalue weighted by atomic mass is 16.5. The van der Waals surface area contributed by atoms with Crippen molar-refractivity contribution in [1.29, 1.82) is 0 Å². The average molecular weight is 325 g/mol. The Morgan fingerprint density at radius 3 is 2.17 bits per heavy atom. The predicted molar refractivity (Wildman–Crippen MR) is 89.7 cm³/mol. The van der Waals surface area contributed by atoms with Gasteiger partial charge >= 0.3 is 0 Å². The Kier molecular flexibility index (Phi) is 8.26. The molecule has 1 rings (SSSR count). The number of amides is 1. The van der Waals surface area contributed by atoms with Crippen LogP contribution in [0.2, 0.25) is 0 Å². The number of ether oxygens (including phenoxy) is 3. The van der Waals surface area contributed by atoms with Crippen molar-refractivity contribution in [3.63, 3.8) is 0 Å². The van der Waals surface area contributed by atoms with Crippen molar-refractivity contribution in [1.82, 2.24) is 5.32 Å². The van der Waals surface area contributed by atoms with Gasteiger partial charge in [-0.25, -0.2) is 0 Å². The van der Waals surface area contributed by atoms with E-state index in [0.29, 0.717) is 30.1 Å². The topological polar surface area (TPSA) is 61.2 Å². The molecule has 0 radical (unpaired) electrons. The van der Waals surface area contributed by atoms with E-state index in [9.17, 15) is 4.79 Å². The van der Waals surface area contributed by atoms with Crippen LogP contribution in [-0.2, 0) is 11.2 Å². The van der Waals surface area contributed by atoms with E-state index in [2.05, 4.69) is 19.4 Å². The third kappa shape index (κ3) is 6.36. The van der Waals surface area contributed by atoms with Gasteiger partial charge in [0, 0.05) is 19.4 Å². The second-order valence-electron chi connectivity index (χ2n) is 5.69. The second-order valence-corrected chi connectivity index (χ2v) is 5.69. The van der Waals surface area contributed by atoms with Crippen molar-refractivity contribution >= 4 is 5.91 Å². The van der Waals surface area contributed by atoms with Crippen molar-refractivity contribution < 1.29 is 23.9 Å². The third-order valence-electron chi connectivity index (χ3n) is 3.54. The summed E-state index contributed by atoms with van der Waals surface area (Å²) in [6.07, 6.45) is 2.05. The lowest BCUT2D eigenvalue weighted by Crippen LogP contribution is -3.05. The SMILES string of the molecule is COc1cc(CCC(=O)NCCC[NH+](C)C)cc(OC)c1OC. The van der Waals surface area contributed by atoms with Gasteiger partial charge in [-0.05, 0) is 24.1 Å². The summed E-state index contributed by atoms with van der Waals surface area (Å²) in [5.74, 6) is 1.84. The highest BCUT2D eigenvalue weighted by Gasteiger charge is 2.13. The van der Waals surface area contributed by atoms with Gasteiger partial charge in [-0.2, -0.15) is 0 Å². The molecule has 1 aromatic rings. The fourth-order valence-corrected chi connectivity index (χ4v) is 2.30. The Bertz CT molecular complexity index is 478.